The Balaban J connectivity index is 1.40. The van der Waals surface area contributed by atoms with Crippen LogP contribution < -0.4 is 20.7 Å². The number of carbonyl (C=O) groups is 1. The van der Waals surface area contributed by atoms with Crippen LogP contribution in [0.2, 0.25) is 0 Å². The third kappa shape index (κ3) is 6.10. The molecule has 2 aromatic rings. The monoisotopic (exact) mass is 398 g/mol. The molecule has 0 bridgehead atoms. The topological polar surface area (TPSA) is 91.1 Å². The van der Waals surface area contributed by atoms with Gasteiger partial charge in [-0.2, -0.15) is 0 Å². The van der Waals surface area contributed by atoms with Crippen molar-refractivity contribution in [2.75, 3.05) is 49.5 Å². The molecule has 156 valence electrons. The van der Waals surface area contributed by atoms with Crippen LogP contribution in [0.4, 0.5) is 16.2 Å². The summed E-state index contributed by atoms with van der Waals surface area (Å²) < 4.78 is 5.65. The van der Waals surface area contributed by atoms with Crippen LogP contribution in [-0.2, 0) is 0 Å². The summed E-state index contributed by atoms with van der Waals surface area (Å²) in [6.45, 7) is 8.81. The quantitative estimate of drug-likeness (QED) is 0.666. The van der Waals surface area contributed by atoms with Crippen LogP contribution in [0.5, 0.6) is 5.75 Å². The van der Waals surface area contributed by atoms with Gasteiger partial charge in [0.05, 0.1) is 0 Å². The maximum Gasteiger partial charge on any atom is 0.316 e. The smallest absolute Gasteiger partial charge is 0.316 e. The Kier molecular flexibility index (Phi) is 6.95. The number of amides is 2. The minimum atomic E-state index is -0.605. The summed E-state index contributed by atoms with van der Waals surface area (Å²) in [6, 6.07) is 12.9. The maximum absolute atomic E-state index is 10.8. The van der Waals surface area contributed by atoms with E-state index in [0.717, 1.165) is 26.2 Å². The molecule has 7 heteroatoms. The van der Waals surface area contributed by atoms with Gasteiger partial charge in [-0.15, -0.1) is 0 Å². The van der Waals surface area contributed by atoms with Gasteiger partial charge in [0.2, 0.25) is 0 Å². The van der Waals surface area contributed by atoms with E-state index in [1.807, 2.05) is 0 Å². The number of β-amino-alcohol motifs (C(OH)–C–C–N with tert-alkyl or cyclic N) is 1. The van der Waals surface area contributed by atoms with Gasteiger partial charge < -0.3 is 25.8 Å². The number of anilines is 2. The molecular weight excluding hydrogens is 368 g/mol. The van der Waals surface area contributed by atoms with Crippen LogP contribution in [0.25, 0.3) is 0 Å². The molecular formula is C22H30N4O3. The van der Waals surface area contributed by atoms with E-state index in [9.17, 15) is 9.90 Å². The van der Waals surface area contributed by atoms with Crippen molar-refractivity contribution in [3.05, 3.63) is 53.6 Å². The van der Waals surface area contributed by atoms with E-state index < -0.39 is 12.1 Å². The van der Waals surface area contributed by atoms with Gasteiger partial charge in [0.25, 0.3) is 0 Å². The lowest BCUT2D eigenvalue weighted by Gasteiger charge is -2.37. The number of benzene rings is 2. The van der Waals surface area contributed by atoms with Crippen molar-refractivity contribution in [1.29, 1.82) is 0 Å². The number of carbonyl (C=O) groups excluding carboxylic acids is 1. The van der Waals surface area contributed by atoms with Gasteiger partial charge in [-0.1, -0.05) is 6.07 Å². The number of urea groups is 1. The second-order valence-corrected chi connectivity index (χ2v) is 7.53. The molecule has 2 aromatic carbocycles. The van der Waals surface area contributed by atoms with Gasteiger partial charge in [-0.3, -0.25) is 4.90 Å². The highest BCUT2D eigenvalue weighted by atomic mass is 16.5. The van der Waals surface area contributed by atoms with Gasteiger partial charge in [-0.05, 0) is 61.4 Å². The second-order valence-electron chi connectivity index (χ2n) is 7.53. The molecule has 1 aliphatic heterocycles. The Hall–Kier alpha value is -2.77. The Morgan fingerprint density at radius 1 is 1.10 bits per heavy atom. The van der Waals surface area contributed by atoms with Crippen molar-refractivity contribution in [3.8, 4) is 5.75 Å². The van der Waals surface area contributed by atoms with Crippen molar-refractivity contribution in [1.82, 2.24) is 4.90 Å². The number of ether oxygens (including phenoxy) is 1. The molecule has 0 spiro atoms. The van der Waals surface area contributed by atoms with Gasteiger partial charge in [0.1, 0.15) is 18.5 Å². The Labute approximate surface area is 172 Å². The summed E-state index contributed by atoms with van der Waals surface area (Å²) in [6.07, 6.45) is -0.563. The van der Waals surface area contributed by atoms with Crippen molar-refractivity contribution in [3.63, 3.8) is 0 Å². The van der Waals surface area contributed by atoms with Crippen molar-refractivity contribution in [2.24, 2.45) is 5.73 Å². The summed E-state index contributed by atoms with van der Waals surface area (Å²) in [7, 11) is 0. The van der Waals surface area contributed by atoms with Crippen molar-refractivity contribution >= 4 is 17.4 Å². The number of piperazine rings is 1. The lowest BCUT2D eigenvalue weighted by molar-refractivity contribution is 0.0663. The number of primary amides is 1. The molecule has 1 fully saturated rings. The zero-order valence-electron chi connectivity index (χ0n) is 17.1. The number of aryl methyl sites for hydroxylation is 2. The maximum atomic E-state index is 10.8. The van der Waals surface area contributed by atoms with E-state index in [0.29, 0.717) is 18.0 Å². The molecule has 1 unspecified atom stereocenters. The van der Waals surface area contributed by atoms with E-state index >= 15 is 0 Å². The highest BCUT2D eigenvalue weighted by Crippen LogP contribution is 2.20. The minimum absolute atomic E-state index is 0.222. The summed E-state index contributed by atoms with van der Waals surface area (Å²) in [5, 5.41) is 12.8. The Bertz CT molecular complexity index is 817. The molecule has 0 radical (unpaired) electrons. The first-order valence-electron chi connectivity index (χ1n) is 9.92. The van der Waals surface area contributed by atoms with Crippen LogP contribution in [0.15, 0.2) is 42.5 Å². The second kappa shape index (κ2) is 9.62. The number of rotatable bonds is 7. The normalized spacial score (nSPS) is 15.8. The summed E-state index contributed by atoms with van der Waals surface area (Å²) in [5.41, 5.74) is 9.58. The highest BCUT2D eigenvalue weighted by Gasteiger charge is 2.20. The number of hydrogen-bond donors (Lipinski definition) is 3. The lowest BCUT2D eigenvalue weighted by Crippen LogP contribution is -2.49. The minimum Gasteiger partial charge on any atom is -0.491 e. The van der Waals surface area contributed by atoms with Crippen LogP contribution in [0.3, 0.4) is 0 Å². The molecule has 1 saturated heterocycles. The number of nitrogens with two attached hydrogens (primary N) is 1. The molecule has 1 heterocycles. The first-order valence-corrected chi connectivity index (χ1v) is 9.92. The van der Waals surface area contributed by atoms with Crippen molar-refractivity contribution in [2.45, 2.75) is 20.0 Å². The number of nitrogens with zero attached hydrogens (tertiary/aromatic N) is 2. The Morgan fingerprint density at radius 2 is 1.79 bits per heavy atom. The number of hydrogen-bond acceptors (Lipinski definition) is 5. The Morgan fingerprint density at radius 3 is 2.41 bits per heavy atom. The average Bonchev–Trinajstić information content (AvgIpc) is 2.70. The van der Waals surface area contributed by atoms with E-state index in [1.165, 1.54) is 16.8 Å². The standard InChI is InChI=1S/C22H30N4O3/c1-16-3-6-19(13-17(16)2)26-11-9-25(10-12-26)14-20(27)15-29-21-7-4-18(5-8-21)24-22(23)28/h3-8,13,20,27H,9-12,14-15H2,1-2H3,(H3,23,24,28). The van der Waals surface area contributed by atoms with E-state index in [2.05, 4.69) is 47.2 Å². The predicted molar refractivity (Wildman–Crippen MR) is 116 cm³/mol. The summed E-state index contributed by atoms with van der Waals surface area (Å²) in [4.78, 5) is 15.5. The number of nitrogens with one attached hydrogen (secondary N) is 1. The third-order valence-corrected chi connectivity index (χ3v) is 5.26. The van der Waals surface area contributed by atoms with E-state index in [1.54, 1.807) is 24.3 Å². The molecule has 7 nitrogen and oxygen atoms in total. The molecule has 2 amide bonds. The fourth-order valence-corrected chi connectivity index (χ4v) is 3.43. The molecule has 4 N–H and O–H groups in total. The number of aliphatic hydroxyl groups is 1. The fourth-order valence-electron chi connectivity index (χ4n) is 3.43. The fraction of sp³-hybridized carbons (Fsp3) is 0.409. The van der Waals surface area contributed by atoms with Crippen molar-refractivity contribution < 1.29 is 14.6 Å². The largest absolute Gasteiger partial charge is 0.491 e. The zero-order chi connectivity index (χ0) is 20.8. The zero-order valence-corrected chi connectivity index (χ0v) is 17.1. The van der Waals surface area contributed by atoms with Gasteiger partial charge >= 0.3 is 6.03 Å². The summed E-state index contributed by atoms with van der Waals surface area (Å²) in [5.74, 6) is 0.638. The van der Waals surface area contributed by atoms with Gasteiger partial charge in [-0.25, -0.2) is 4.79 Å². The molecule has 1 atom stereocenters. The molecule has 0 aliphatic carbocycles. The van der Waals surface area contributed by atoms with Gasteiger partial charge in [0, 0.05) is 44.1 Å². The molecule has 0 aromatic heterocycles. The van der Waals surface area contributed by atoms with Crippen LogP contribution in [0, 0.1) is 13.8 Å². The third-order valence-electron chi connectivity index (χ3n) is 5.26. The first-order chi connectivity index (χ1) is 13.9. The van der Waals surface area contributed by atoms with E-state index in [4.69, 9.17) is 10.5 Å². The van der Waals surface area contributed by atoms with Crippen LogP contribution in [-0.4, -0.2) is 61.5 Å². The lowest BCUT2D eigenvalue weighted by atomic mass is 10.1. The molecule has 3 rings (SSSR count). The summed E-state index contributed by atoms with van der Waals surface area (Å²) >= 11 is 0. The SMILES string of the molecule is Cc1ccc(N2CCN(CC(O)COc3ccc(NC(N)=O)cc3)CC2)cc1C. The predicted octanol–water partition coefficient (Wildman–Crippen LogP) is 2.36. The van der Waals surface area contributed by atoms with Crippen LogP contribution in [0.1, 0.15) is 11.1 Å². The highest BCUT2D eigenvalue weighted by molar-refractivity contribution is 5.87. The molecule has 29 heavy (non-hydrogen) atoms. The first kappa shape index (κ1) is 21.0. The van der Waals surface area contributed by atoms with Gasteiger partial charge in [0.15, 0.2) is 0 Å². The van der Waals surface area contributed by atoms with Crippen LogP contribution >= 0.6 is 0 Å². The van der Waals surface area contributed by atoms with E-state index in [-0.39, 0.29) is 6.61 Å². The number of aliphatic hydroxyl groups excluding tert-OH is 1. The average molecular weight is 399 g/mol. The molecule has 0 saturated carbocycles. The molecule has 1 aliphatic rings.